The zero-order valence-electron chi connectivity index (χ0n) is 12.4. The quantitative estimate of drug-likeness (QED) is 0.546. The van der Waals surface area contributed by atoms with E-state index in [0.29, 0.717) is 16.1 Å². The predicted molar refractivity (Wildman–Crippen MR) is 99.0 cm³/mol. The number of fused-ring (bicyclic) bond motifs is 1. The van der Waals surface area contributed by atoms with Crippen LogP contribution < -0.4 is 5.32 Å². The molecule has 2 N–H and O–H groups in total. The number of aromatic hydroxyl groups is 1. The van der Waals surface area contributed by atoms with E-state index in [4.69, 9.17) is 0 Å². The number of nitrogens with zero attached hydrogens (tertiary/aromatic N) is 1. The lowest BCUT2D eigenvalue weighted by molar-refractivity contribution is 0.103. The van der Waals surface area contributed by atoms with Gasteiger partial charge in [0.2, 0.25) is 0 Å². The minimum atomic E-state index is -0.183. The molecule has 6 heteroatoms. The van der Waals surface area contributed by atoms with Crippen molar-refractivity contribution in [1.29, 1.82) is 0 Å². The molecule has 118 valence electrons. The number of anilines is 1. The van der Waals surface area contributed by atoms with Gasteiger partial charge < -0.3 is 10.4 Å². The number of hydrogen-bond donors (Lipinski definition) is 2. The molecule has 0 atom stereocenters. The van der Waals surface area contributed by atoms with E-state index in [1.54, 1.807) is 24.3 Å². The second kappa shape index (κ2) is 6.07. The number of hydrogen-bond acceptors (Lipinski definition) is 5. The van der Waals surface area contributed by atoms with E-state index >= 15 is 0 Å². The summed E-state index contributed by atoms with van der Waals surface area (Å²) >= 11 is 2.90. The van der Waals surface area contributed by atoms with E-state index in [0.717, 1.165) is 15.2 Å². The molecule has 2 aromatic carbocycles. The summed E-state index contributed by atoms with van der Waals surface area (Å²) in [6, 6.07) is 16.5. The maximum Gasteiger partial charge on any atom is 0.265 e. The zero-order valence-corrected chi connectivity index (χ0v) is 14.0. The van der Waals surface area contributed by atoms with Crippen LogP contribution in [0.5, 0.6) is 5.75 Å². The van der Waals surface area contributed by atoms with Crippen LogP contribution in [0.25, 0.3) is 20.8 Å². The van der Waals surface area contributed by atoms with Gasteiger partial charge in [0.1, 0.15) is 10.8 Å². The molecule has 4 rings (SSSR count). The Balaban J connectivity index is 1.63. The summed E-state index contributed by atoms with van der Waals surface area (Å²) in [5.41, 5.74) is 2.12. The Bertz CT molecular complexity index is 990. The van der Waals surface area contributed by atoms with Crippen molar-refractivity contribution in [2.45, 2.75) is 0 Å². The van der Waals surface area contributed by atoms with E-state index in [-0.39, 0.29) is 11.7 Å². The Hall–Kier alpha value is -2.70. The lowest BCUT2D eigenvalue weighted by Gasteiger charge is -2.06. The van der Waals surface area contributed by atoms with Crippen LogP contribution >= 0.6 is 22.7 Å². The number of benzene rings is 2. The first-order valence-electron chi connectivity index (χ1n) is 7.24. The van der Waals surface area contributed by atoms with Gasteiger partial charge in [-0.2, -0.15) is 0 Å². The largest absolute Gasteiger partial charge is 0.507 e. The number of thiophene rings is 1. The third-order valence-electron chi connectivity index (χ3n) is 3.52. The molecule has 2 aromatic heterocycles. The fourth-order valence-corrected chi connectivity index (χ4v) is 4.00. The van der Waals surface area contributed by atoms with Crippen molar-refractivity contribution in [1.82, 2.24) is 4.98 Å². The lowest BCUT2D eigenvalue weighted by Crippen LogP contribution is -2.09. The van der Waals surface area contributed by atoms with E-state index < -0.39 is 0 Å². The second-order valence-electron chi connectivity index (χ2n) is 5.15. The van der Waals surface area contributed by atoms with Crippen molar-refractivity contribution in [3.05, 3.63) is 64.9 Å². The van der Waals surface area contributed by atoms with Gasteiger partial charge in [-0.3, -0.25) is 4.79 Å². The molecule has 0 aliphatic rings. The highest BCUT2D eigenvalue weighted by Crippen LogP contribution is 2.36. The Labute approximate surface area is 146 Å². The number of aromatic nitrogens is 1. The lowest BCUT2D eigenvalue weighted by atomic mass is 10.2. The van der Waals surface area contributed by atoms with Crippen LogP contribution in [-0.2, 0) is 0 Å². The molecule has 24 heavy (non-hydrogen) atoms. The first-order chi connectivity index (χ1) is 11.7. The van der Waals surface area contributed by atoms with Gasteiger partial charge in [-0.1, -0.05) is 18.2 Å². The number of phenolic OH excluding ortho intramolecular Hbond substituents is 1. The summed E-state index contributed by atoms with van der Waals surface area (Å²) in [5, 5.41) is 15.7. The average Bonchev–Trinajstić information content (AvgIpc) is 3.24. The smallest absolute Gasteiger partial charge is 0.265 e. The number of para-hydroxylation sites is 1. The first kappa shape index (κ1) is 14.9. The number of amides is 1. The monoisotopic (exact) mass is 352 g/mol. The van der Waals surface area contributed by atoms with E-state index in [1.807, 2.05) is 35.7 Å². The fourth-order valence-electron chi connectivity index (χ4n) is 2.38. The van der Waals surface area contributed by atoms with Crippen LogP contribution in [0.3, 0.4) is 0 Å². The standard InChI is InChI=1S/C18H12N2O2S2/c21-14-10-11(19-17(22)16-6-3-9-23-16)7-8-12(14)18-20-13-4-1-2-5-15(13)24-18/h1-10,21H,(H,19,22). The molecular weight excluding hydrogens is 340 g/mol. The maximum atomic E-state index is 12.1. The molecular formula is C18H12N2O2S2. The van der Waals surface area contributed by atoms with Crippen LogP contribution in [0, 0.1) is 0 Å². The molecule has 0 aliphatic heterocycles. The SMILES string of the molecule is O=C(Nc1ccc(-c2nc3ccccc3s2)c(O)c1)c1cccs1. The highest BCUT2D eigenvalue weighted by molar-refractivity contribution is 7.21. The number of thiazole rings is 1. The first-order valence-corrected chi connectivity index (χ1v) is 8.94. The number of carbonyl (C=O) groups is 1. The number of nitrogens with one attached hydrogen (secondary N) is 1. The molecule has 2 heterocycles. The van der Waals surface area contributed by atoms with Crippen LogP contribution in [0.4, 0.5) is 5.69 Å². The average molecular weight is 352 g/mol. The van der Waals surface area contributed by atoms with Crippen molar-refractivity contribution in [2.24, 2.45) is 0 Å². The third kappa shape index (κ3) is 2.77. The normalized spacial score (nSPS) is 10.8. The summed E-state index contributed by atoms with van der Waals surface area (Å²) in [4.78, 5) is 17.2. The Morgan fingerprint density at radius 1 is 1.08 bits per heavy atom. The molecule has 0 saturated heterocycles. The summed E-state index contributed by atoms with van der Waals surface area (Å²) in [6.07, 6.45) is 0. The Kier molecular flexibility index (Phi) is 3.76. The van der Waals surface area contributed by atoms with Crippen molar-refractivity contribution in [2.75, 3.05) is 5.32 Å². The molecule has 4 aromatic rings. The molecule has 0 bridgehead atoms. The summed E-state index contributed by atoms with van der Waals surface area (Å²) in [6.45, 7) is 0. The minimum Gasteiger partial charge on any atom is -0.507 e. The number of phenols is 1. The van der Waals surface area contributed by atoms with Gasteiger partial charge in [0, 0.05) is 11.8 Å². The van der Waals surface area contributed by atoms with Gasteiger partial charge in [0.05, 0.1) is 20.7 Å². The van der Waals surface area contributed by atoms with Gasteiger partial charge in [-0.15, -0.1) is 22.7 Å². The van der Waals surface area contributed by atoms with Crippen molar-refractivity contribution < 1.29 is 9.90 Å². The summed E-state index contributed by atoms with van der Waals surface area (Å²) in [7, 11) is 0. The van der Waals surface area contributed by atoms with Crippen LogP contribution in [0.15, 0.2) is 60.0 Å². The summed E-state index contributed by atoms with van der Waals surface area (Å²) < 4.78 is 1.07. The van der Waals surface area contributed by atoms with Crippen LogP contribution in [-0.4, -0.2) is 16.0 Å². The van der Waals surface area contributed by atoms with Crippen molar-refractivity contribution in [3.63, 3.8) is 0 Å². The molecule has 0 radical (unpaired) electrons. The molecule has 0 spiro atoms. The van der Waals surface area contributed by atoms with E-state index in [2.05, 4.69) is 10.3 Å². The third-order valence-corrected chi connectivity index (χ3v) is 5.46. The Morgan fingerprint density at radius 2 is 1.96 bits per heavy atom. The topological polar surface area (TPSA) is 62.2 Å². The van der Waals surface area contributed by atoms with Gasteiger partial charge in [0.15, 0.2) is 0 Å². The van der Waals surface area contributed by atoms with Gasteiger partial charge in [-0.25, -0.2) is 4.98 Å². The van der Waals surface area contributed by atoms with Crippen LogP contribution in [0.1, 0.15) is 9.67 Å². The fraction of sp³-hybridized carbons (Fsp3) is 0. The van der Waals surface area contributed by atoms with Gasteiger partial charge >= 0.3 is 0 Å². The molecule has 0 fully saturated rings. The van der Waals surface area contributed by atoms with E-state index in [1.165, 1.54) is 22.7 Å². The minimum absolute atomic E-state index is 0.0954. The molecule has 0 unspecified atom stereocenters. The van der Waals surface area contributed by atoms with Crippen molar-refractivity contribution in [3.8, 4) is 16.3 Å². The Morgan fingerprint density at radius 3 is 2.71 bits per heavy atom. The summed E-state index contributed by atoms with van der Waals surface area (Å²) in [5.74, 6) is -0.0878. The predicted octanol–water partition coefficient (Wildman–Crippen LogP) is 4.98. The molecule has 4 nitrogen and oxygen atoms in total. The highest BCUT2D eigenvalue weighted by Gasteiger charge is 2.12. The molecule has 1 amide bonds. The molecule has 0 saturated carbocycles. The molecule has 0 aliphatic carbocycles. The highest BCUT2D eigenvalue weighted by atomic mass is 32.1. The van der Waals surface area contributed by atoms with Crippen molar-refractivity contribution >= 4 is 44.5 Å². The zero-order chi connectivity index (χ0) is 16.5. The second-order valence-corrected chi connectivity index (χ2v) is 7.13. The van der Waals surface area contributed by atoms with Crippen LogP contribution in [0.2, 0.25) is 0 Å². The van der Waals surface area contributed by atoms with E-state index in [9.17, 15) is 9.90 Å². The number of carbonyl (C=O) groups excluding carboxylic acids is 1. The van der Waals surface area contributed by atoms with Gasteiger partial charge in [0.25, 0.3) is 5.91 Å². The van der Waals surface area contributed by atoms with Gasteiger partial charge in [-0.05, 0) is 35.7 Å². The maximum absolute atomic E-state index is 12.1. The number of rotatable bonds is 3.